The van der Waals surface area contributed by atoms with Crippen LogP contribution in [-0.4, -0.2) is 36.4 Å². The molecule has 1 N–H and O–H groups in total. The molecule has 1 atom stereocenters. The first kappa shape index (κ1) is 18.7. The van der Waals surface area contributed by atoms with Gasteiger partial charge >= 0.3 is 0 Å². The minimum atomic E-state index is -3.01. The summed E-state index contributed by atoms with van der Waals surface area (Å²) in [5.74, 6) is 0.456. The van der Waals surface area contributed by atoms with Crippen LogP contribution in [0.15, 0.2) is 30.3 Å². The van der Waals surface area contributed by atoms with Crippen molar-refractivity contribution in [2.45, 2.75) is 46.1 Å². The van der Waals surface area contributed by atoms with Crippen molar-refractivity contribution >= 4 is 15.7 Å². The second-order valence-electron chi connectivity index (χ2n) is 7.44. The predicted molar refractivity (Wildman–Crippen MR) is 104 cm³/mol. The van der Waals surface area contributed by atoms with Crippen molar-refractivity contribution in [3.63, 3.8) is 0 Å². The zero-order chi connectivity index (χ0) is 19.1. The number of carbonyl (C=O) groups is 1. The Labute approximate surface area is 155 Å². The van der Waals surface area contributed by atoms with Crippen LogP contribution < -0.4 is 5.32 Å². The monoisotopic (exact) mass is 374 g/mol. The summed E-state index contributed by atoms with van der Waals surface area (Å²) in [7, 11) is -3.01. The summed E-state index contributed by atoms with van der Waals surface area (Å²) in [6.07, 6.45) is 0.490. The van der Waals surface area contributed by atoms with Crippen molar-refractivity contribution in [3.05, 3.63) is 52.8 Å². The lowest BCUT2D eigenvalue weighted by atomic mass is 10.0. The maximum absolute atomic E-state index is 12.7. The molecule has 2 aromatic rings. The average Bonchev–Trinajstić information content (AvgIpc) is 3.06. The fourth-order valence-corrected chi connectivity index (χ4v) is 5.24. The third-order valence-corrected chi connectivity index (χ3v) is 6.83. The van der Waals surface area contributed by atoms with Gasteiger partial charge in [0.25, 0.3) is 5.91 Å². The Hall–Kier alpha value is -2.08. The van der Waals surface area contributed by atoms with Crippen LogP contribution in [0.2, 0.25) is 0 Å². The molecule has 1 aliphatic heterocycles. The molecule has 1 fully saturated rings. The molecule has 0 radical (unpaired) electrons. The van der Waals surface area contributed by atoms with Crippen LogP contribution in [0.1, 0.15) is 53.5 Å². The molecule has 26 heavy (non-hydrogen) atoms. The lowest BCUT2D eigenvalue weighted by molar-refractivity contribution is 0.0940. The summed E-state index contributed by atoms with van der Waals surface area (Å²) >= 11 is 0. The first-order valence-corrected chi connectivity index (χ1v) is 10.8. The van der Waals surface area contributed by atoms with Gasteiger partial charge in [-0.25, -0.2) is 8.42 Å². The third kappa shape index (κ3) is 3.70. The number of aryl methyl sites for hydroxylation is 1. The maximum Gasteiger partial charge on any atom is 0.253 e. The van der Waals surface area contributed by atoms with E-state index in [1.165, 1.54) is 5.56 Å². The maximum atomic E-state index is 12.7. The van der Waals surface area contributed by atoms with Crippen molar-refractivity contribution < 1.29 is 13.2 Å². The Balaban J connectivity index is 1.84. The molecule has 5 nitrogen and oxygen atoms in total. The second kappa shape index (κ2) is 6.91. The largest absolute Gasteiger partial charge is 0.348 e. The number of hydrogen-bond donors (Lipinski definition) is 1. The van der Waals surface area contributed by atoms with Gasteiger partial charge in [0.05, 0.1) is 17.1 Å². The van der Waals surface area contributed by atoms with Gasteiger partial charge < -0.3 is 9.88 Å². The molecule has 0 spiro atoms. The summed E-state index contributed by atoms with van der Waals surface area (Å²) in [5, 5.41) is 2.88. The highest BCUT2D eigenvalue weighted by atomic mass is 32.2. The van der Waals surface area contributed by atoms with Crippen molar-refractivity contribution in [2.24, 2.45) is 0 Å². The Kier molecular flexibility index (Phi) is 4.97. The van der Waals surface area contributed by atoms with E-state index in [-0.39, 0.29) is 23.5 Å². The summed E-state index contributed by atoms with van der Waals surface area (Å²) < 4.78 is 25.2. The van der Waals surface area contributed by atoms with E-state index >= 15 is 0 Å². The van der Waals surface area contributed by atoms with Crippen LogP contribution in [0.3, 0.4) is 0 Å². The molecule has 2 heterocycles. The Bertz CT molecular complexity index is 925. The van der Waals surface area contributed by atoms with Crippen LogP contribution in [0, 0.1) is 13.8 Å². The molecule has 1 aromatic heterocycles. The molecule has 6 heteroatoms. The molecule has 0 bridgehead atoms. The van der Waals surface area contributed by atoms with Gasteiger partial charge in [-0.15, -0.1) is 0 Å². The number of nitrogens with one attached hydrogen (secondary N) is 1. The Morgan fingerprint density at radius 3 is 2.38 bits per heavy atom. The molecule has 3 rings (SSSR count). The lowest BCUT2D eigenvalue weighted by Gasteiger charge is -2.13. The minimum absolute atomic E-state index is 0.0359. The second-order valence-corrected chi connectivity index (χ2v) is 9.67. The fourth-order valence-electron chi connectivity index (χ4n) is 3.57. The Morgan fingerprint density at radius 1 is 1.19 bits per heavy atom. The van der Waals surface area contributed by atoms with Crippen LogP contribution in [-0.2, 0) is 9.84 Å². The highest BCUT2D eigenvalue weighted by molar-refractivity contribution is 7.91. The van der Waals surface area contributed by atoms with Gasteiger partial charge in [-0.3, -0.25) is 4.79 Å². The topological polar surface area (TPSA) is 68.2 Å². The smallest absolute Gasteiger partial charge is 0.253 e. The first-order valence-electron chi connectivity index (χ1n) is 8.98. The van der Waals surface area contributed by atoms with E-state index in [2.05, 4.69) is 48.0 Å². The molecular formula is C20H26N2O3S. The molecule has 1 aliphatic rings. The highest BCUT2D eigenvalue weighted by Gasteiger charge is 2.30. The Morgan fingerprint density at radius 2 is 1.85 bits per heavy atom. The van der Waals surface area contributed by atoms with Gasteiger partial charge in [0.2, 0.25) is 0 Å². The summed E-state index contributed by atoms with van der Waals surface area (Å²) in [6, 6.07) is 9.94. The van der Waals surface area contributed by atoms with Crippen LogP contribution in [0.4, 0.5) is 0 Å². The van der Waals surface area contributed by atoms with Gasteiger partial charge in [-0.1, -0.05) is 26.0 Å². The zero-order valence-corrected chi connectivity index (χ0v) is 16.6. The molecule has 1 aromatic carbocycles. The van der Waals surface area contributed by atoms with Gasteiger partial charge in [-0.2, -0.15) is 0 Å². The fraction of sp³-hybridized carbons (Fsp3) is 0.450. The standard InChI is InChI=1S/C20H26N2O3S/c1-13(2)16-5-7-18(8-6-16)22-14(3)11-19(15(22)4)20(23)21-17-9-10-26(24,25)12-17/h5-8,11,13,17H,9-10,12H2,1-4H3,(H,21,23). The molecular weight excluding hydrogens is 348 g/mol. The number of nitrogens with zero attached hydrogens (tertiary/aromatic N) is 1. The lowest BCUT2D eigenvalue weighted by Crippen LogP contribution is -2.35. The van der Waals surface area contributed by atoms with Crippen molar-refractivity contribution in [2.75, 3.05) is 11.5 Å². The van der Waals surface area contributed by atoms with Crippen molar-refractivity contribution in [3.8, 4) is 5.69 Å². The molecule has 0 saturated carbocycles. The predicted octanol–water partition coefficient (Wildman–Crippen LogP) is 3.13. The van der Waals surface area contributed by atoms with Gasteiger partial charge in [0.1, 0.15) is 0 Å². The van der Waals surface area contributed by atoms with Crippen LogP contribution >= 0.6 is 0 Å². The average molecular weight is 375 g/mol. The normalized spacial score (nSPS) is 19.0. The van der Waals surface area contributed by atoms with E-state index in [1.54, 1.807) is 0 Å². The third-order valence-electron chi connectivity index (χ3n) is 5.06. The summed E-state index contributed by atoms with van der Waals surface area (Å²) in [5.41, 5.74) is 4.73. The van der Waals surface area contributed by atoms with Crippen LogP contribution in [0.25, 0.3) is 5.69 Å². The summed E-state index contributed by atoms with van der Waals surface area (Å²) in [4.78, 5) is 12.7. The first-order chi connectivity index (χ1) is 12.2. The van der Waals surface area contributed by atoms with E-state index < -0.39 is 9.84 Å². The number of aromatic nitrogens is 1. The molecule has 1 amide bonds. The molecule has 1 saturated heterocycles. The molecule has 1 unspecified atom stereocenters. The number of carbonyl (C=O) groups excluding carboxylic acids is 1. The highest BCUT2D eigenvalue weighted by Crippen LogP contribution is 2.23. The van der Waals surface area contributed by atoms with Gasteiger partial charge in [0.15, 0.2) is 9.84 Å². The number of benzene rings is 1. The van der Waals surface area contributed by atoms with E-state index in [9.17, 15) is 13.2 Å². The number of amides is 1. The quantitative estimate of drug-likeness (QED) is 0.894. The van der Waals surface area contributed by atoms with Crippen molar-refractivity contribution in [1.29, 1.82) is 0 Å². The van der Waals surface area contributed by atoms with Gasteiger partial charge in [0, 0.05) is 23.1 Å². The zero-order valence-electron chi connectivity index (χ0n) is 15.7. The van der Waals surface area contributed by atoms with Gasteiger partial charge in [-0.05, 0) is 49.9 Å². The number of rotatable bonds is 4. The number of sulfone groups is 1. The van der Waals surface area contributed by atoms with Crippen LogP contribution in [0.5, 0.6) is 0 Å². The van der Waals surface area contributed by atoms with Crippen molar-refractivity contribution in [1.82, 2.24) is 9.88 Å². The minimum Gasteiger partial charge on any atom is -0.348 e. The van der Waals surface area contributed by atoms with E-state index in [4.69, 9.17) is 0 Å². The van der Waals surface area contributed by atoms with E-state index in [0.29, 0.717) is 17.9 Å². The molecule has 140 valence electrons. The molecule has 0 aliphatic carbocycles. The SMILES string of the molecule is Cc1cc(C(=O)NC2CCS(=O)(=O)C2)c(C)n1-c1ccc(C(C)C)cc1. The van der Waals surface area contributed by atoms with E-state index in [1.807, 2.05) is 19.9 Å². The number of hydrogen-bond acceptors (Lipinski definition) is 3. The summed E-state index contributed by atoms with van der Waals surface area (Å²) in [6.45, 7) is 8.21. The van der Waals surface area contributed by atoms with E-state index in [0.717, 1.165) is 17.1 Å².